The maximum absolute atomic E-state index is 12.1. The molecule has 1 amide bonds. The SMILES string of the molecule is COc1ccc(NC(=O)[C@@H](C)OC(=O)c2ccc(OC(F)F)cc2)cc1. The van der Waals surface area contributed by atoms with Gasteiger partial charge in [-0.1, -0.05) is 0 Å². The fourth-order valence-corrected chi connectivity index (χ4v) is 1.97. The Morgan fingerprint density at radius 1 is 0.962 bits per heavy atom. The van der Waals surface area contributed by atoms with Crippen LogP contribution in [0, 0.1) is 0 Å². The van der Waals surface area contributed by atoms with Gasteiger partial charge in [-0.05, 0) is 55.5 Å². The molecule has 0 heterocycles. The number of benzene rings is 2. The van der Waals surface area contributed by atoms with Gasteiger partial charge in [0.15, 0.2) is 6.10 Å². The molecule has 0 bridgehead atoms. The van der Waals surface area contributed by atoms with Crippen molar-refractivity contribution in [1.82, 2.24) is 0 Å². The van der Waals surface area contributed by atoms with Crippen molar-refractivity contribution in [3.63, 3.8) is 0 Å². The van der Waals surface area contributed by atoms with Crippen LogP contribution in [0.15, 0.2) is 48.5 Å². The van der Waals surface area contributed by atoms with Crippen molar-refractivity contribution in [3.8, 4) is 11.5 Å². The first-order valence-corrected chi connectivity index (χ1v) is 7.60. The lowest BCUT2D eigenvalue weighted by molar-refractivity contribution is -0.123. The second-order valence-corrected chi connectivity index (χ2v) is 5.17. The fourth-order valence-electron chi connectivity index (χ4n) is 1.97. The van der Waals surface area contributed by atoms with E-state index in [1.165, 1.54) is 38.3 Å². The normalized spacial score (nSPS) is 11.6. The Morgan fingerprint density at radius 2 is 1.54 bits per heavy atom. The second-order valence-electron chi connectivity index (χ2n) is 5.17. The molecule has 0 aliphatic rings. The molecule has 0 spiro atoms. The largest absolute Gasteiger partial charge is 0.497 e. The second kappa shape index (κ2) is 8.80. The number of nitrogens with one attached hydrogen (secondary N) is 1. The van der Waals surface area contributed by atoms with E-state index >= 15 is 0 Å². The van der Waals surface area contributed by atoms with Gasteiger partial charge in [0, 0.05) is 5.69 Å². The van der Waals surface area contributed by atoms with E-state index in [1.54, 1.807) is 24.3 Å². The van der Waals surface area contributed by atoms with Crippen molar-refractivity contribution in [2.75, 3.05) is 12.4 Å². The molecule has 0 saturated carbocycles. The van der Waals surface area contributed by atoms with Crippen molar-refractivity contribution in [2.24, 2.45) is 0 Å². The third-order valence-corrected chi connectivity index (χ3v) is 3.33. The summed E-state index contributed by atoms with van der Waals surface area (Å²) < 4.78 is 38.5. The van der Waals surface area contributed by atoms with Gasteiger partial charge in [-0.25, -0.2) is 4.79 Å². The molecule has 0 aliphatic carbocycles. The Hall–Kier alpha value is -3.16. The maximum Gasteiger partial charge on any atom is 0.387 e. The zero-order chi connectivity index (χ0) is 19.1. The number of carbonyl (C=O) groups excluding carboxylic acids is 2. The Kier molecular flexibility index (Phi) is 6.48. The molecule has 8 heteroatoms. The highest BCUT2D eigenvalue weighted by molar-refractivity contribution is 5.97. The summed E-state index contributed by atoms with van der Waals surface area (Å²) in [6.07, 6.45) is -1.05. The zero-order valence-corrected chi connectivity index (χ0v) is 14.1. The molecule has 6 nitrogen and oxygen atoms in total. The van der Waals surface area contributed by atoms with Crippen LogP contribution in [-0.2, 0) is 9.53 Å². The molecule has 138 valence electrons. The number of esters is 1. The van der Waals surface area contributed by atoms with Crippen LogP contribution < -0.4 is 14.8 Å². The van der Waals surface area contributed by atoms with Gasteiger partial charge < -0.3 is 19.5 Å². The lowest BCUT2D eigenvalue weighted by Crippen LogP contribution is -2.30. The van der Waals surface area contributed by atoms with E-state index in [9.17, 15) is 18.4 Å². The predicted molar refractivity (Wildman–Crippen MR) is 89.6 cm³/mol. The molecule has 0 aliphatic heterocycles. The molecule has 0 saturated heterocycles. The summed E-state index contributed by atoms with van der Waals surface area (Å²) >= 11 is 0. The van der Waals surface area contributed by atoms with Crippen LogP contribution in [0.3, 0.4) is 0 Å². The Bertz CT molecular complexity index is 747. The van der Waals surface area contributed by atoms with Crippen LogP contribution in [0.1, 0.15) is 17.3 Å². The number of halogens is 2. The summed E-state index contributed by atoms with van der Waals surface area (Å²) in [5, 5.41) is 2.61. The van der Waals surface area contributed by atoms with Crippen molar-refractivity contribution >= 4 is 17.6 Å². The summed E-state index contributed by atoms with van der Waals surface area (Å²) in [6, 6.07) is 11.6. The third kappa shape index (κ3) is 5.44. The van der Waals surface area contributed by atoms with Crippen LogP contribution in [0.2, 0.25) is 0 Å². The minimum absolute atomic E-state index is 0.0816. The van der Waals surface area contributed by atoms with Gasteiger partial charge in [0.2, 0.25) is 0 Å². The third-order valence-electron chi connectivity index (χ3n) is 3.33. The number of methoxy groups -OCH3 is 1. The van der Waals surface area contributed by atoms with E-state index in [-0.39, 0.29) is 11.3 Å². The maximum atomic E-state index is 12.1. The smallest absolute Gasteiger partial charge is 0.387 e. The van der Waals surface area contributed by atoms with Gasteiger partial charge in [0.1, 0.15) is 11.5 Å². The van der Waals surface area contributed by atoms with Gasteiger partial charge in [0.05, 0.1) is 12.7 Å². The van der Waals surface area contributed by atoms with Crippen LogP contribution in [0.5, 0.6) is 11.5 Å². The molecule has 1 N–H and O–H groups in total. The van der Waals surface area contributed by atoms with E-state index < -0.39 is 24.6 Å². The minimum atomic E-state index is -2.95. The standard InChI is InChI=1S/C18H17F2NO5/c1-11(16(22)21-13-5-9-14(24-2)10-6-13)25-17(23)12-3-7-15(8-4-12)26-18(19)20/h3-11,18H,1-2H3,(H,21,22)/t11-/m1/s1. The average Bonchev–Trinajstić information content (AvgIpc) is 2.62. The van der Waals surface area contributed by atoms with Gasteiger partial charge in [-0.3, -0.25) is 4.79 Å². The number of amides is 1. The van der Waals surface area contributed by atoms with E-state index in [0.717, 1.165) is 0 Å². The fraction of sp³-hybridized carbons (Fsp3) is 0.222. The summed E-state index contributed by atoms with van der Waals surface area (Å²) in [5.74, 6) is -0.712. The lowest BCUT2D eigenvalue weighted by Gasteiger charge is -2.14. The highest BCUT2D eigenvalue weighted by Crippen LogP contribution is 2.17. The number of alkyl halides is 2. The number of hydrogen-bond donors (Lipinski definition) is 1. The van der Waals surface area contributed by atoms with Crippen LogP contribution >= 0.6 is 0 Å². The van der Waals surface area contributed by atoms with E-state index in [4.69, 9.17) is 9.47 Å². The molecule has 0 fully saturated rings. The van der Waals surface area contributed by atoms with Gasteiger partial charge in [0.25, 0.3) is 5.91 Å². The Morgan fingerprint density at radius 3 is 2.08 bits per heavy atom. The Balaban J connectivity index is 1.91. The Labute approximate surface area is 148 Å². The van der Waals surface area contributed by atoms with E-state index in [0.29, 0.717) is 11.4 Å². The molecule has 2 aromatic carbocycles. The van der Waals surface area contributed by atoms with Crippen molar-refractivity contribution in [2.45, 2.75) is 19.6 Å². The first-order chi connectivity index (χ1) is 12.4. The first-order valence-electron chi connectivity index (χ1n) is 7.60. The molecule has 0 radical (unpaired) electrons. The van der Waals surface area contributed by atoms with Gasteiger partial charge >= 0.3 is 12.6 Å². The van der Waals surface area contributed by atoms with Crippen LogP contribution in [0.25, 0.3) is 0 Å². The van der Waals surface area contributed by atoms with Gasteiger partial charge in [-0.2, -0.15) is 8.78 Å². The van der Waals surface area contributed by atoms with E-state index in [2.05, 4.69) is 10.1 Å². The van der Waals surface area contributed by atoms with Crippen LogP contribution in [-0.4, -0.2) is 31.7 Å². The monoisotopic (exact) mass is 365 g/mol. The molecular weight excluding hydrogens is 348 g/mol. The van der Waals surface area contributed by atoms with Gasteiger partial charge in [-0.15, -0.1) is 0 Å². The summed E-state index contributed by atoms with van der Waals surface area (Å²) in [6.45, 7) is -1.53. The number of ether oxygens (including phenoxy) is 3. The zero-order valence-electron chi connectivity index (χ0n) is 14.1. The molecule has 2 rings (SSSR count). The molecule has 0 aromatic heterocycles. The predicted octanol–water partition coefficient (Wildman–Crippen LogP) is 3.48. The molecule has 0 unspecified atom stereocenters. The highest BCUT2D eigenvalue weighted by Gasteiger charge is 2.19. The van der Waals surface area contributed by atoms with E-state index in [1.807, 2.05) is 0 Å². The highest BCUT2D eigenvalue weighted by atomic mass is 19.3. The average molecular weight is 365 g/mol. The van der Waals surface area contributed by atoms with Crippen molar-refractivity contribution < 1.29 is 32.6 Å². The topological polar surface area (TPSA) is 73.9 Å². The van der Waals surface area contributed by atoms with Crippen molar-refractivity contribution in [3.05, 3.63) is 54.1 Å². The quantitative estimate of drug-likeness (QED) is 0.761. The molecule has 2 aromatic rings. The summed E-state index contributed by atoms with van der Waals surface area (Å²) in [7, 11) is 1.53. The molecule has 26 heavy (non-hydrogen) atoms. The minimum Gasteiger partial charge on any atom is -0.497 e. The number of carbonyl (C=O) groups is 2. The first kappa shape index (κ1) is 19.2. The summed E-state index contributed by atoms with van der Waals surface area (Å²) in [4.78, 5) is 24.1. The van der Waals surface area contributed by atoms with Crippen LogP contribution in [0.4, 0.5) is 14.5 Å². The molecule has 1 atom stereocenters. The summed E-state index contributed by atoms with van der Waals surface area (Å²) in [5.41, 5.74) is 0.628. The van der Waals surface area contributed by atoms with Crippen molar-refractivity contribution in [1.29, 1.82) is 0 Å². The number of rotatable bonds is 7. The number of hydrogen-bond acceptors (Lipinski definition) is 5. The molecular formula is C18H17F2NO5. The number of anilines is 1. The lowest BCUT2D eigenvalue weighted by atomic mass is 10.2.